The molecule has 1 heterocycles. The van der Waals surface area contributed by atoms with Crippen LogP contribution in [0.4, 0.5) is 5.69 Å². The van der Waals surface area contributed by atoms with Crippen molar-refractivity contribution in [3.05, 3.63) is 51.6 Å². The van der Waals surface area contributed by atoms with E-state index in [1.54, 1.807) is 12.1 Å². The highest BCUT2D eigenvalue weighted by atomic mass is 16.6. The minimum absolute atomic E-state index is 0.135. The van der Waals surface area contributed by atoms with Crippen molar-refractivity contribution < 1.29 is 9.72 Å². The van der Waals surface area contributed by atoms with Gasteiger partial charge in [0.25, 0.3) is 5.69 Å². The summed E-state index contributed by atoms with van der Waals surface area (Å²) in [5.74, 6) is -0.260. The first-order valence-corrected chi connectivity index (χ1v) is 5.38. The second-order valence-corrected chi connectivity index (χ2v) is 3.80. The Hall–Kier alpha value is -2.01. The number of hydrogen-bond acceptors (Lipinski definition) is 4. The first kappa shape index (κ1) is 11.5. The van der Waals surface area contributed by atoms with E-state index < -0.39 is 4.92 Å². The summed E-state index contributed by atoms with van der Waals surface area (Å²) in [6, 6.07) is 6.04. The monoisotopic (exact) mass is 232 g/mol. The zero-order chi connectivity index (χ0) is 12.3. The average Bonchev–Trinajstić information content (AvgIpc) is 2.39. The van der Waals surface area contributed by atoms with Crippen LogP contribution in [0.15, 0.2) is 35.9 Å². The largest absolute Gasteiger partial charge is 0.312 e. The molecule has 0 radical (unpaired) electrons. The number of carbonyl (C=O) groups is 1. The smallest absolute Gasteiger partial charge is 0.280 e. The molecule has 2 rings (SSSR count). The van der Waals surface area contributed by atoms with Crippen LogP contribution in [0.2, 0.25) is 0 Å². The lowest BCUT2D eigenvalue weighted by Gasteiger charge is -2.13. The molecule has 1 aromatic carbocycles. The number of rotatable bonds is 3. The Morgan fingerprint density at radius 2 is 2.12 bits per heavy atom. The standard InChI is InChI=1S/C12H12N2O3/c15-12(9-4-3-7-13-8-9)10-5-1-2-6-11(10)14(16)17/h1-2,4-6,13H,3,7-8H2. The van der Waals surface area contributed by atoms with Gasteiger partial charge in [-0.2, -0.15) is 0 Å². The number of Topliss-reactive ketones (excluding diaryl/α,β-unsaturated/α-hetero) is 1. The van der Waals surface area contributed by atoms with Gasteiger partial charge in [-0.3, -0.25) is 14.9 Å². The fraction of sp³-hybridized carbons (Fsp3) is 0.250. The number of ketones is 1. The van der Waals surface area contributed by atoms with E-state index in [2.05, 4.69) is 5.32 Å². The minimum atomic E-state index is -0.524. The highest BCUT2D eigenvalue weighted by Crippen LogP contribution is 2.21. The van der Waals surface area contributed by atoms with Gasteiger partial charge in [0, 0.05) is 18.2 Å². The number of nitrogens with one attached hydrogen (secondary N) is 1. The zero-order valence-corrected chi connectivity index (χ0v) is 9.18. The van der Waals surface area contributed by atoms with E-state index in [1.807, 2.05) is 6.08 Å². The lowest BCUT2D eigenvalue weighted by atomic mass is 9.99. The van der Waals surface area contributed by atoms with Crippen molar-refractivity contribution in [2.45, 2.75) is 6.42 Å². The molecule has 0 aromatic heterocycles. The van der Waals surface area contributed by atoms with Crippen LogP contribution in [-0.4, -0.2) is 23.8 Å². The molecule has 0 atom stereocenters. The summed E-state index contributed by atoms with van der Waals surface area (Å²) in [7, 11) is 0. The molecule has 1 aliphatic rings. The quantitative estimate of drug-likeness (QED) is 0.489. The normalized spacial score (nSPS) is 15.2. The summed E-state index contributed by atoms with van der Waals surface area (Å²) in [5, 5.41) is 13.9. The molecule has 0 fully saturated rings. The van der Waals surface area contributed by atoms with Crippen LogP contribution in [0.25, 0.3) is 0 Å². The molecule has 17 heavy (non-hydrogen) atoms. The van der Waals surface area contributed by atoms with Crippen LogP contribution in [0.5, 0.6) is 0 Å². The lowest BCUT2D eigenvalue weighted by molar-refractivity contribution is -0.385. The van der Waals surface area contributed by atoms with Crippen molar-refractivity contribution in [1.29, 1.82) is 0 Å². The predicted octanol–water partition coefficient (Wildman–Crippen LogP) is 1.70. The van der Waals surface area contributed by atoms with Crippen LogP contribution in [-0.2, 0) is 0 Å². The SMILES string of the molecule is O=C(C1=CCCNC1)c1ccccc1[N+](=O)[O-]. The van der Waals surface area contributed by atoms with Crippen molar-refractivity contribution in [3.63, 3.8) is 0 Å². The van der Waals surface area contributed by atoms with E-state index in [0.717, 1.165) is 13.0 Å². The molecule has 0 saturated heterocycles. The number of carbonyl (C=O) groups excluding carboxylic acids is 1. The maximum Gasteiger partial charge on any atom is 0.280 e. The van der Waals surface area contributed by atoms with E-state index in [1.165, 1.54) is 12.1 Å². The average molecular weight is 232 g/mol. The van der Waals surface area contributed by atoms with Gasteiger partial charge in [-0.1, -0.05) is 18.2 Å². The molecule has 1 N–H and O–H groups in total. The number of nitro benzene ring substituents is 1. The van der Waals surface area contributed by atoms with E-state index >= 15 is 0 Å². The first-order chi connectivity index (χ1) is 8.20. The van der Waals surface area contributed by atoms with Crippen molar-refractivity contribution >= 4 is 11.5 Å². The van der Waals surface area contributed by atoms with Crippen LogP contribution in [0, 0.1) is 10.1 Å². The second-order valence-electron chi connectivity index (χ2n) is 3.80. The van der Waals surface area contributed by atoms with Gasteiger partial charge in [0.2, 0.25) is 0 Å². The third kappa shape index (κ3) is 2.39. The Kier molecular flexibility index (Phi) is 3.30. The van der Waals surface area contributed by atoms with Crippen molar-refractivity contribution in [2.75, 3.05) is 13.1 Å². The Bertz CT molecular complexity index is 494. The maximum atomic E-state index is 12.1. The summed E-state index contributed by atoms with van der Waals surface area (Å²) >= 11 is 0. The van der Waals surface area contributed by atoms with Crippen molar-refractivity contribution in [2.24, 2.45) is 0 Å². The summed E-state index contributed by atoms with van der Waals surface area (Å²) < 4.78 is 0. The highest BCUT2D eigenvalue weighted by Gasteiger charge is 2.22. The molecule has 1 aliphatic heterocycles. The molecular weight excluding hydrogens is 220 g/mol. The molecular formula is C12H12N2O3. The molecule has 0 amide bonds. The fourth-order valence-corrected chi connectivity index (χ4v) is 1.81. The summed E-state index contributed by atoms with van der Waals surface area (Å²) in [6.45, 7) is 1.32. The Morgan fingerprint density at radius 3 is 2.76 bits per heavy atom. The van der Waals surface area contributed by atoms with Crippen molar-refractivity contribution in [1.82, 2.24) is 5.32 Å². The van der Waals surface area contributed by atoms with Gasteiger partial charge in [-0.15, -0.1) is 0 Å². The zero-order valence-electron chi connectivity index (χ0n) is 9.18. The molecule has 5 heteroatoms. The van der Waals surface area contributed by atoms with Gasteiger partial charge in [0.15, 0.2) is 5.78 Å². The van der Waals surface area contributed by atoms with Gasteiger partial charge in [0.05, 0.1) is 10.5 Å². The number of para-hydroxylation sites is 1. The van der Waals surface area contributed by atoms with Gasteiger partial charge >= 0.3 is 0 Å². The van der Waals surface area contributed by atoms with Gasteiger partial charge < -0.3 is 5.32 Å². The molecule has 0 spiro atoms. The van der Waals surface area contributed by atoms with Gasteiger partial charge in [0.1, 0.15) is 0 Å². The lowest BCUT2D eigenvalue weighted by Crippen LogP contribution is -2.26. The summed E-state index contributed by atoms with van der Waals surface area (Å²) in [5.41, 5.74) is 0.627. The Balaban J connectivity index is 2.36. The van der Waals surface area contributed by atoms with Crippen LogP contribution < -0.4 is 5.32 Å². The number of hydrogen-bond donors (Lipinski definition) is 1. The van der Waals surface area contributed by atoms with Crippen LogP contribution in [0.1, 0.15) is 16.8 Å². The minimum Gasteiger partial charge on any atom is -0.312 e. The Morgan fingerprint density at radius 1 is 1.35 bits per heavy atom. The second kappa shape index (κ2) is 4.88. The molecule has 88 valence electrons. The van der Waals surface area contributed by atoms with E-state index in [-0.39, 0.29) is 17.0 Å². The molecule has 0 saturated carbocycles. The Labute approximate surface area is 98.3 Å². The van der Waals surface area contributed by atoms with Gasteiger partial charge in [-0.25, -0.2) is 0 Å². The van der Waals surface area contributed by atoms with E-state index in [9.17, 15) is 14.9 Å². The topological polar surface area (TPSA) is 72.2 Å². The predicted molar refractivity (Wildman–Crippen MR) is 63.0 cm³/mol. The van der Waals surface area contributed by atoms with Crippen LogP contribution in [0.3, 0.4) is 0 Å². The molecule has 0 unspecified atom stereocenters. The molecule has 0 bridgehead atoms. The molecule has 0 aliphatic carbocycles. The third-order valence-electron chi connectivity index (χ3n) is 2.66. The fourth-order valence-electron chi connectivity index (χ4n) is 1.81. The summed E-state index contributed by atoms with van der Waals surface area (Å²) in [6.07, 6.45) is 2.62. The first-order valence-electron chi connectivity index (χ1n) is 5.38. The van der Waals surface area contributed by atoms with E-state index in [0.29, 0.717) is 12.1 Å². The van der Waals surface area contributed by atoms with Crippen molar-refractivity contribution in [3.8, 4) is 0 Å². The van der Waals surface area contributed by atoms with Gasteiger partial charge in [-0.05, 0) is 19.0 Å². The maximum absolute atomic E-state index is 12.1. The molecule has 5 nitrogen and oxygen atoms in total. The van der Waals surface area contributed by atoms with Crippen LogP contribution >= 0.6 is 0 Å². The third-order valence-corrected chi connectivity index (χ3v) is 2.66. The van der Waals surface area contributed by atoms with E-state index in [4.69, 9.17) is 0 Å². The number of nitro groups is 1. The highest BCUT2D eigenvalue weighted by molar-refractivity contribution is 6.11. The summed E-state index contributed by atoms with van der Waals surface area (Å²) in [4.78, 5) is 22.4. The number of nitrogens with zero attached hydrogens (tertiary/aromatic N) is 1. The molecule has 1 aromatic rings. The number of benzene rings is 1.